The van der Waals surface area contributed by atoms with Crippen molar-refractivity contribution in [3.63, 3.8) is 0 Å². The Labute approximate surface area is 107 Å². The van der Waals surface area contributed by atoms with Gasteiger partial charge in [0.05, 0.1) is 6.42 Å². The fourth-order valence-corrected chi connectivity index (χ4v) is 3.78. The number of nitrogens with two attached hydrogens (primary N) is 1. The summed E-state index contributed by atoms with van der Waals surface area (Å²) >= 11 is 0. The molecule has 5 heteroatoms. The van der Waals surface area contributed by atoms with Gasteiger partial charge in [-0.05, 0) is 38.0 Å². The number of Topliss-reactive ketones (excluding diaryl/α,β-unsaturated/α-hetero) is 1. The Morgan fingerprint density at radius 1 is 1.50 bits per heavy atom. The number of hydrogen-bond acceptors (Lipinski definition) is 4. The van der Waals surface area contributed by atoms with Crippen LogP contribution in [0.25, 0.3) is 0 Å². The van der Waals surface area contributed by atoms with Gasteiger partial charge >= 0.3 is 0 Å². The summed E-state index contributed by atoms with van der Waals surface area (Å²) in [7, 11) is 0. The third-order valence-corrected chi connectivity index (χ3v) is 4.68. The second-order valence-electron chi connectivity index (χ2n) is 5.57. The second-order valence-corrected chi connectivity index (χ2v) is 5.57. The molecule has 0 amide bonds. The molecule has 3 rings (SSSR count). The molecule has 4 unspecified atom stereocenters. The van der Waals surface area contributed by atoms with Crippen LogP contribution < -0.4 is 5.73 Å². The number of aryl methyl sites for hydroxylation is 1. The molecular formula is C13H20N4O. The predicted molar refractivity (Wildman–Crippen MR) is 66.7 cm³/mol. The second kappa shape index (κ2) is 4.46. The summed E-state index contributed by atoms with van der Waals surface area (Å²) in [5.41, 5.74) is 6.20. The average molecular weight is 248 g/mol. The van der Waals surface area contributed by atoms with Gasteiger partial charge in [-0.1, -0.05) is 0 Å². The normalized spacial score (nSPS) is 34.1. The molecule has 4 atom stereocenters. The van der Waals surface area contributed by atoms with E-state index in [0.29, 0.717) is 18.3 Å². The van der Waals surface area contributed by atoms with Gasteiger partial charge in [0.15, 0.2) is 0 Å². The molecule has 0 spiro atoms. The zero-order valence-electron chi connectivity index (χ0n) is 10.7. The maximum absolute atomic E-state index is 12.4. The molecule has 0 radical (unpaired) electrons. The molecule has 0 aromatic carbocycles. The number of rotatable bonds is 4. The molecule has 2 N–H and O–H groups in total. The molecular weight excluding hydrogens is 228 g/mol. The number of nitrogens with zero attached hydrogens (tertiary/aromatic N) is 3. The number of carbonyl (C=O) groups is 1. The van der Waals surface area contributed by atoms with E-state index < -0.39 is 0 Å². The Balaban J connectivity index is 1.72. The van der Waals surface area contributed by atoms with E-state index in [1.807, 2.05) is 6.92 Å². The summed E-state index contributed by atoms with van der Waals surface area (Å²) in [6, 6.07) is 0.0780. The summed E-state index contributed by atoms with van der Waals surface area (Å²) in [6.45, 7) is 2.76. The quantitative estimate of drug-likeness (QED) is 0.854. The van der Waals surface area contributed by atoms with Crippen LogP contribution in [0.3, 0.4) is 0 Å². The lowest BCUT2D eigenvalue weighted by atomic mass is 9.81. The third kappa shape index (κ3) is 1.77. The van der Waals surface area contributed by atoms with Crippen molar-refractivity contribution in [3.8, 4) is 0 Å². The molecule has 1 heterocycles. The molecule has 0 saturated heterocycles. The van der Waals surface area contributed by atoms with Crippen LogP contribution in [-0.4, -0.2) is 26.6 Å². The van der Waals surface area contributed by atoms with E-state index in [2.05, 4.69) is 10.1 Å². The molecule has 2 aliphatic rings. The number of hydrogen-bond donors (Lipinski definition) is 1. The van der Waals surface area contributed by atoms with Crippen molar-refractivity contribution in [2.24, 2.45) is 23.5 Å². The maximum Gasteiger partial charge on any atom is 0.145 e. The summed E-state index contributed by atoms with van der Waals surface area (Å²) in [6.07, 6.45) is 5.44. The van der Waals surface area contributed by atoms with Gasteiger partial charge in [-0.2, -0.15) is 5.10 Å². The van der Waals surface area contributed by atoms with E-state index in [1.54, 1.807) is 4.68 Å². The first-order valence-corrected chi connectivity index (χ1v) is 6.85. The van der Waals surface area contributed by atoms with Gasteiger partial charge in [0.2, 0.25) is 0 Å². The first kappa shape index (κ1) is 11.8. The van der Waals surface area contributed by atoms with Gasteiger partial charge in [-0.3, -0.25) is 4.79 Å². The fourth-order valence-electron chi connectivity index (χ4n) is 3.78. The van der Waals surface area contributed by atoms with Crippen molar-refractivity contribution in [3.05, 3.63) is 12.2 Å². The molecule has 2 saturated carbocycles. The monoisotopic (exact) mass is 248 g/mol. The van der Waals surface area contributed by atoms with Crippen molar-refractivity contribution in [2.45, 2.75) is 45.2 Å². The van der Waals surface area contributed by atoms with E-state index in [0.717, 1.165) is 18.8 Å². The molecule has 0 aliphatic heterocycles. The van der Waals surface area contributed by atoms with E-state index in [9.17, 15) is 4.79 Å². The molecule has 2 fully saturated rings. The molecule has 1 aromatic heterocycles. The van der Waals surface area contributed by atoms with Gasteiger partial charge in [0.1, 0.15) is 17.9 Å². The average Bonchev–Trinajstić information content (AvgIpc) is 3.03. The van der Waals surface area contributed by atoms with Gasteiger partial charge in [0.25, 0.3) is 0 Å². The van der Waals surface area contributed by atoms with Crippen molar-refractivity contribution in [1.82, 2.24) is 14.8 Å². The highest BCUT2D eigenvalue weighted by atomic mass is 16.1. The predicted octanol–water partition coefficient (Wildman–Crippen LogP) is 0.783. The van der Waals surface area contributed by atoms with Crippen LogP contribution in [0.2, 0.25) is 0 Å². The largest absolute Gasteiger partial charge is 0.327 e. The lowest BCUT2D eigenvalue weighted by Crippen LogP contribution is -2.41. The van der Waals surface area contributed by atoms with E-state index in [-0.39, 0.29) is 17.7 Å². The zero-order valence-corrected chi connectivity index (χ0v) is 10.7. The Bertz CT molecular complexity index is 454. The minimum absolute atomic E-state index is 0.0609. The molecule has 5 nitrogen and oxygen atoms in total. The van der Waals surface area contributed by atoms with Gasteiger partial charge in [-0.25, -0.2) is 9.67 Å². The topological polar surface area (TPSA) is 73.8 Å². The Hall–Kier alpha value is -1.23. The summed E-state index contributed by atoms with van der Waals surface area (Å²) in [5, 5.41) is 4.10. The van der Waals surface area contributed by atoms with E-state index >= 15 is 0 Å². The maximum atomic E-state index is 12.4. The van der Waals surface area contributed by atoms with Crippen LogP contribution in [0, 0.1) is 17.8 Å². The first-order valence-electron chi connectivity index (χ1n) is 6.85. The van der Waals surface area contributed by atoms with Crippen LogP contribution in [0.1, 0.15) is 32.0 Å². The van der Waals surface area contributed by atoms with Crippen molar-refractivity contribution in [1.29, 1.82) is 0 Å². The standard InChI is InChI=1S/C13H20N4O/c1-2-17-11(15-7-16-17)6-10(18)12-8-3-4-9(5-8)13(12)14/h7-9,12-13H,2-6,14H2,1H3. The number of aromatic nitrogens is 3. The summed E-state index contributed by atoms with van der Waals surface area (Å²) in [4.78, 5) is 16.6. The van der Waals surface area contributed by atoms with Crippen molar-refractivity contribution >= 4 is 5.78 Å². The van der Waals surface area contributed by atoms with Crippen LogP contribution in [0.15, 0.2) is 6.33 Å². The molecule has 1 aromatic rings. The lowest BCUT2D eigenvalue weighted by molar-refractivity contribution is -0.124. The smallest absolute Gasteiger partial charge is 0.145 e. The molecule has 98 valence electrons. The summed E-state index contributed by atoms with van der Waals surface area (Å²) in [5.74, 6) is 2.20. The lowest BCUT2D eigenvalue weighted by Gasteiger charge is -2.26. The fraction of sp³-hybridized carbons (Fsp3) is 0.769. The highest BCUT2D eigenvalue weighted by Crippen LogP contribution is 2.48. The molecule has 2 bridgehead atoms. The Morgan fingerprint density at radius 3 is 2.94 bits per heavy atom. The highest BCUT2D eigenvalue weighted by molar-refractivity contribution is 5.84. The Morgan fingerprint density at radius 2 is 2.28 bits per heavy atom. The third-order valence-electron chi connectivity index (χ3n) is 4.68. The molecule has 18 heavy (non-hydrogen) atoms. The number of carbonyl (C=O) groups excluding carboxylic acids is 1. The minimum Gasteiger partial charge on any atom is -0.327 e. The van der Waals surface area contributed by atoms with Gasteiger partial charge in [-0.15, -0.1) is 0 Å². The minimum atomic E-state index is 0.0609. The molecule has 2 aliphatic carbocycles. The van der Waals surface area contributed by atoms with Gasteiger partial charge in [0, 0.05) is 18.5 Å². The van der Waals surface area contributed by atoms with Crippen LogP contribution in [0.4, 0.5) is 0 Å². The van der Waals surface area contributed by atoms with E-state index in [1.165, 1.54) is 19.2 Å². The van der Waals surface area contributed by atoms with Crippen molar-refractivity contribution < 1.29 is 4.79 Å². The number of fused-ring (bicyclic) bond motifs is 2. The number of ketones is 1. The van der Waals surface area contributed by atoms with Crippen LogP contribution in [0.5, 0.6) is 0 Å². The summed E-state index contributed by atoms with van der Waals surface area (Å²) < 4.78 is 1.79. The van der Waals surface area contributed by atoms with Crippen LogP contribution in [-0.2, 0) is 17.8 Å². The van der Waals surface area contributed by atoms with Gasteiger partial charge < -0.3 is 5.73 Å². The van der Waals surface area contributed by atoms with Crippen LogP contribution >= 0.6 is 0 Å². The Kier molecular flexibility index (Phi) is 2.93. The van der Waals surface area contributed by atoms with E-state index in [4.69, 9.17) is 5.73 Å². The van der Waals surface area contributed by atoms with Crippen molar-refractivity contribution in [2.75, 3.05) is 0 Å². The highest BCUT2D eigenvalue weighted by Gasteiger charge is 2.48. The zero-order chi connectivity index (χ0) is 12.7. The first-order chi connectivity index (χ1) is 8.70. The SMILES string of the molecule is CCn1ncnc1CC(=O)C1C2CCC(C2)C1N.